The molecule has 1 aliphatic rings. The van der Waals surface area contributed by atoms with E-state index in [0.29, 0.717) is 12.0 Å². The second kappa shape index (κ2) is 7.93. The zero-order valence-corrected chi connectivity index (χ0v) is 15.7. The molecule has 2 amide bonds. The number of aliphatic hydroxyl groups excluding tert-OH is 1. The lowest BCUT2D eigenvalue weighted by atomic mass is 10.1. The molecular weight excluding hydrogens is 365 g/mol. The molecule has 0 aliphatic heterocycles. The Morgan fingerprint density at radius 2 is 2.11 bits per heavy atom. The summed E-state index contributed by atoms with van der Waals surface area (Å²) in [4.78, 5) is 40.7. The van der Waals surface area contributed by atoms with E-state index in [1.807, 2.05) is 6.92 Å². The van der Waals surface area contributed by atoms with Crippen molar-refractivity contribution in [2.24, 2.45) is 5.92 Å². The molecule has 0 saturated heterocycles. The van der Waals surface area contributed by atoms with E-state index >= 15 is 0 Å². The summed E-state index contributed by atoms with van der Waals surface area (Å²) in [7, 11) is 1.46. The third-order valence-electron chi connectivity index (χ3n) is 4.82. The predicted molar refractivity (Wildman–Crippen MR) is 100 cm³/mol. The molecule has 0 radical (unpaired) electrons. The van der Waals surface area contributed by atoms with Crippen LogP contribution in [-0.2, 0) is 6.54 Å². The summed E-state index contributed by atoms with van der Waals surface area (Å²) in [5, 5.41) is 11.8. The minimum absolute atomic E-state index is 0.000615. The maximum absolute atomic E-state index is 14.0. The van der Waals surface area contributed by atoms with Crippen LogP contribution in [0.5, 0.6) is 0 Å². The number of carbonyl (C=O) groups excluding carboxylic acids is 2. The minimum atomic E-state index is -0.627. The first kappa shape index (κ1) is 19.8. The zero-order chi connectivity index (χ0) is 20.4. The molecule has 28 heavy (non-hydrogen) atoms. The van der Waals surface area contributed by atoms with Gasteiger partial charge in [-0.1, -0.05) is 17.7 Å². The van der Waals surface area contributed by atoms with Crippen LogP contribution < -0.4 is 10.9 Å². The first-order chi connectivity index (χ1) is 13.3. The molecule has 3 rings (SSSR count). The van der Waals surface area contributed by atoms with Crippen molar-refractivity contribution in [1.82, 2.24) is 15.2 Å². The number of nitrogens with zero attached hydrogens (tertiary/aromatic N) is 1. The molecule has 1 heterocycles. The van der Waals surface area contributed by atoms with Crippen LogP contribution in [0.4, 0.5) is 4.39 Å². The van der Waals surface area contributed by atoms with Gasteiger partial charge in [-0.25, -0.2) is 4.39 Å². The number of aromatic nitrogens is 1. The van der Waals surface area contributed by atoms with E-state index in [9.17, 15) is 18.8 Å². The molecule has 1 fully saturated rings. The Morgan fingerprint density at radius 1 is 1.36 bits per heavy atom. The lowest BCUT2D eigenvalue weighted by Gasteiger charge is -2.18. The molecule has 8 heteroatoms. The van der Waals surface area contributed by atoms with E-state index in [4.69, 9.17) is 5.11 Å². The number of amides is 2. The fourth-order valence-electron chi connectivity index (χ4n) is 3.01. The van der Waals surface area contributed by atoms with Crippen LogP contribution in [0.3, 0.4) is 0 Å². The van der Waals surface area contributed by atoms with E-state index in [1.54, 1.807) is 12.1 Å². The Hall–Kier alpha value is -3.00. The van der Waals surface area contributed by atoms with E-state index < -0.39 is 23.2 Å². The maximum Gasteiger partial charge on any atom is 0.260 e. The smallest absolute Gasteiger partial charge is 0.260 e. The van der Waals surface area contributed by atoms with Crippen LogP contribution in [0.2, 0.25) is 0 Å². The highest BCUT2D eigenvalue weighted by atomic mass is 19.1. The Kier molecular flexibility index (Phi) is 5.60. The van der Waals surface area contributed by atoms with Gasteiger partial charge in [-0.15, -0.1) is 0 Å². The van der Waals surface area contributed by atoms with Gasteiger partial charge in [0, 0.05) is 43.9 Å². The number of aliphatic hydroxyl groups is 1. The fraction of sp³-hybridized carbons (Fsp3) is 0.350. The number of carbonyl (C=O) groups is 2. The van der Waals surface area contributed by atoms with Crippen molar-refractivity contribution < 1.29 is 19.1 Å². The van der Waals surface area contributed by atoms with Gasteiger partial charge in [-0.3, -0.25) is 14.4 Å². The Labute approximate surface area is 161 Å². The molecule has 1 aromatic carbocycles. The number of pyridine rings is 1. The second-order valence-electron chi connectivity index (χ2n) is 7.15. The molecule has 3 N–H and O–H groups in total. The van der Waals surface area contributed by atoms with E-state index in [1.165, 1.54) is 30.3 Å². The van der Waals surface area contributed by atoms with Gasteiger partial charge < -0.3 is 20.3 Å². The van der Waals surface area contributed by atoms with Crippen molar-refractivity contribution in [2.45, 2.75) is 25.9 Å². The monoisotopic (exact) mass is 387 g/mol. The first-order valence-corrected chi connectivity index (χ1v) is 8.95. The third-order valence-corrected chi connectivity index (χ3v) is 4.82. The molecule has 148 valence electrons. The van der Waals surface area contributed by atoms with Gasteiger partial charge in [0.2, 0.25) is 0 Å². The van der Waals surface area contributed by atoms with Crippen LogP contribution in [0.25, 0.3) is 0 Å². The summed E-state index contributed by atoms with van der Waals surface area (Å²) in [6.45, 7) is 1.81. The van der Waals surface area contributed by atoms with Gasteiger partial charge >= 0.3 is 0 Å². The standard InChI is InChI=1S/C20H22FN3O4/c1-11-3-4-16(21)13(5-11)9-24(2)20(28)15-6-12(8-22-19(15)27)18(26)23-17-7-14(17)10-25/h3-6,8,14,17,25H,7,9-10H2,1-2H3,(H,22,27)(H,23,26)/t14-,17+/m0/s1. The third kappa shape index (κ3) is 4.28. The highest BCUT2D eigenvalue weighted by Gasteiger charge is 2.37. The molecular formula is C20H22FN3O4. The largest absolute Gasteiger partial charge is 0.396 e. The van der Waals surface area contributed by atoms with Gasteiger partial charge in [0.05, 0.1) is 5.56 Å². The number of hydrogen-bond acceptors (Lipinski definition) is 4. The van der Waals surface area contributed by atoms with Crippen molar-refractivity contribution in [2.75, 3.05) is 13.7 Å². The highest BCUT2D eigenvalue weighted by molar-refractivity contribution is 5.99. The maximum atomic E-state index is 14.0. The van der Waals surface area contributed by atoms with Gasteiger partial charge in [-0.2, -0.15) is 0 Å². The summed E-state index contributed by atoms with van der Waals surface area (Å²) in [5.74, 6) is -1.44. The average molecular weight is 387 g/mol. The minimum Gasteiger partial charge on any atom is -0.396 e. The van der Waals surface area contributed by atoms with Crippen molar-refractivity contribution >= 4 is 11.8 Å². The van der Waals surface area contributed by atoms with Gasteiger partial charge in [0.25, 0.3) is 17.4 Å². The first-order valence-electron chi connectivity index (χ1n) is 8.95. The lowest BCUT2D eigenvalue weighted by Crippen LogP contribution is -2.33. The van der Waals surface area contributed by atoms with Crippen LogP contribution >= 0.6 is 0 Å². The van der Waals surface area contributed by atoms with Crippen molar-refractivity contribution in [3.8, 4) is 0 Å². The molecule has 0 bridgehead atoms. The lowest BCUT2D eigenvalue weighted by molar-refractivity contribution is 0.0782. The van der Waals surface area contributed by atoms with Crippen LogP contribution in [0.15, 0.2) is 35.3 Å². The summed E-state index contributed by atoms with van der Waals surface area (Å²) >= 11 is 0. The molecule has 2 atom stereocenters. The number of benzene rings is 1. The number of nitrogens with one attached hydrogen (secondary N) is 2. The molecule has 1 saturated carbocycles. The second-order valence-corrected chi connectivity index (χ2v) is 7.15. The number of H-pyrrole nitrogens is 1. The number of hydrogen-bond donors (Lipinski definition) is 3. The number of halogens is 1. The molecule has 7 nitrogen and oxygen atoms in total. The summed E-state index contributed by atoms with van der Waals surface area (Å²) in [6, 6.07) is 5.74. The fourth-order valence-corrected chi connectivity index (χ4v) is 3.01. The zero-order valence-electron chi connectivity index (χ0n) is 15.7. The molecule has 2 aromatic rings. The van der Waals surface area contributed by atoms with E-state index in [-0.39, 0.29) is 36.2 Å². The van der Waals surface area contributed by atoms with E-state index in [0.717, 1.165) is 5.56 Å². The van der Waals surface area contributed by atoms with E-state index in [2.05, 4.69) is 10.3 Å². The highest BCUT2D eigenvalue weighted by Crippen LogP contribution is 2.29. The van der Waals surface area contributed by atoms with Gasteiger partial charge in [0.15, 0.2) is 0 Å². The topological polar surface area (TPSA) is 102 Å². The van der Waals surface area contributed by atoms with Crippen LogP contribution in [-0.4, -0.2) is 46.5 Å². The number of aryl methyl sites for hydroxylation is 1. The quantitative estimate of drug-likeness (QED) is 0.693. The van der Waals surface area contributed by atoms with Crippen LogP contribution in [0, 0.1) is 18.7 Å². The predicted octanol–water partition coefficient (Wildman–Crippen LogP) is 1.21. The Morgan fingerprint density at radius 3 is 2.79 bits per heavy atom. The summed E-state index contributed by atoms with van der Waals surface area (Å²) in [5.41, 5.74) is 0.511. The molecule has 1 aliphatic carbocycles. The van der Waals surface area contributed by atoms with Crippen molar-refractivity contribution in [3.63, 3.8) is 0 Å². The molecule has 1 aromatic heterocycles. The molecule has 0 unspecified atom stereocenters. The Balaban J connectivity index is 1.76. The Bertz CT molecular complexity index is 972. The van der Waals surface area contributed by atoms with Crippen molar-refractivity contribution in [1.29, 1.82) is 0 Å². The number of rotatable bonds is 6. The SMILES string of the molecule is Cc1ccc(F)c(CN(C)C(=O)c2cc(C(=O)N[C@@H]3C[C@H]3CO)c[nH]c2=O)c1. The van der Waals surface area contributed by atoms with Gasteiger partial charge in [0.1, 0.15) is 11.4 Å². The normalized spacial score (nSPS) is 17.9. The number of aromatic amines is 1. The van der Waals surface area contributed by atoms with Crippen molar-refractivity contribution in [3.05, 3.63) is 68.9 Å². The summed E-state index contributed by atoms with van der Waals surface area (Å²) < 4.78 is 14.0. The molecule has 0 spiro atoms. The van der Waals surface area contributed by atoms with Gasteiger partial charge in [-0.05, 0) is 25.5 Å². The van der Waals surface area contributed by atoms with Crippen LogP contribution in [0.1, 0.15) is 38.3 Å². The average Bonchev–Trinajstić information content (AvgIpc) is 3.42. The summed E-state index contributed by atoms with van der Waals surface area (Å²) in [6.07, 6.45) is 1.94.